The second-order valence-electron chi connectivity index (χ2n) is 8.74. The highest BCUT2D eigenvalue weighted by Crippen LogP contribution is 2.31. The Kier molecular flexibility index (Phi) is 12.4. The number of hydrogen-bond donors (Lipinski definition) is 3. The van der Waals surface area contributed by atoms with Gasteiger partial charge in [-0.3, -0.25) is 0 Å². The first kappa shape index (κ1) is 29.3. The number of benzene rings is 2. The van der Waals surface area contributed by atoms with Crippen LogP contribution in [0.25, 0.3) is 0 Å². The van der Waals surface area contributed by atoms with Gasteiger partial charge in [-0.15, -0.1) is 0 Å². The fourth-order valence-electron chi connectivity index (χ4n) is 3.77. The van der Waals surface area contributed by atoms with Crippen LogP contribution in [0.3, 0.4) is 0 Å². The van der Waals surface area contributed by atoms with E-state index in [0.29, 0.717) is 18.6 Å². The number of ether oxygens (including phenoxy) is 3. The molecule has 2 unspecified atom stereocenters. The van der Waals surface area contributed by atoms with Crippen molar-refractivity contribution in [1.29, 1.82) is 0 Å². The molecule has 0 aromatic heterocycles. The average Bonchev–Trinajstić information content (AvgIpc) is 2.86. The second-order valence-corrected chi connectivity index (χ2v) is 8.74. The number of unbranched alkanes of at least 4 members (excludes halogenated alkanes) is 3. The number of carbonyl (C=O) groups excluding carboxylic acids is 2. The summed E-state index contributed by atoms with van der Waals surface area (Å²) in [6.07, 6.45) is 4.06. The monoisotopic (exact) mass is 502 g/mol. The van der Waals surface area contributed by atoms with E-state index in [0.717, 1.165) is 36.8 Å². The van der Waals surface area contributed by atoms with Gasteiger partial charge in [0.05, 0.1) is 19.3 Å². The number of aliphatic hydroxyl groups is 2. The molecule has 0 bridgehead atoms. The van der Waals surface area contributed by atoms with Crippen LogP contribution < -0.4 is 4.74 Å². The third-order valence-corrected chi connectivity index (χ3v) is 5.74. The fraction of sp³-hybridized carbons (Fsp3) is 0.500. The smallest absolute Gasteiger partial charge is 0.349 e. The molecular weight excluding hydrogens is 464 g/mol. The summed E-state index contributed by atoms with van der Waals surface area (Å²) in [5.41, 5.74) is 1.82. The predicted molar refractivity (Wildman–Crippen MR) is 136 cm³/mol. The molecule has 2 aromatic rings. The van der Waals surface area contributed by atoms with Crippen molar-refractivity contribution in [2.75, 3.05) is 19.8 Å². The lowest BCUT2D eigenvalue weighted by Gasteiger charge is -2.22. The van der Waals surface area contributed by atoms with Gasteiger partial charge in [0, 0.05) is 0 Å². The maximum atomic E-state index is 13.1. The lowest BCUT2D eigenvalue weighted by molar-refractivity contribution is -0.0449. The van der Waals surface area contributed by atoms with Crippen LogP contribution in [0.15, 0.2) is 36.4 Å². The summed E-state index contributed by atoms with van der Waals surface area (Å²) in [6, 6.07) is 9.22. The highest BCUT2D eigenvalue weighted by molar-refractivity contribution is 6.05. The lowest BCUT2D eigenvalue weighted by atomic mass is 9.95. The normalized spacial score (nSPS) is 12.7. The van der Waals surface area contributed by atoms with Gasteiger partial charge in [-0.1, -0.05) is 51.3 Å². The minimum Gasteiger partial charge on any atom is -0.507 e. The molecule has 0 aliphatic carbocycles. The SMILES string of the molecule is CCCCCCc1c(CC)ccc(C(=O)OC(=O)c2ccccc2O)c1OCC(CO)OCC(C)O. The molecule has 198 valence electrons. The summed E-state index contributed by atoms with van der Waals surface area (Å²) < 4.78 is 16.7. The molecule has 2 atom stereocenters. The first-order chi connectivity index (χ1) is 17.3. The first-order valence-corrected chi connectivity index (χ1v) is 12.5. The van der Waals surface area contributed by atoms with Crippen molar-refractivity contribution in [3.8, 4) is 11.5 Å². The molecule has 0 heterocycles. The van der Waals surface area contributed by atoms with Gasteiger partial charge >= 0.3 is 11.9 Å². The standard InChI is InChI=1S/C28H38O8/c1-4-6-7-8-11-22-20(5-2)14-15-24(26(22)35-18-21(16-29)34-17-19(3)30)28(33)36-27(32)23-12-9-10-13-25(23)31/h9-10,12-15,19,21,29-31H,4-8,11,16-18H2,1-3H3. The number of aromatic hydroxyl groups is 1. The first-order valence-electron chi connectivity index (χ1n) is 12.5. The van der Waals surface area contributed by atoms with Crippen molar-refractivity contribution in [3.05, 3.63) is 58.7 Å². The molecule has 2 rings (SSSR count). The van der Waals surface area contributed by atoms with Gasteiger partial charge in [-0.2, -0.15) is 0 Å². The number of hydrogen-bond acceptors (Lipinski definition) is 8. The van der Waals surface area contributed by atoms with E-state index in [2.05, 4.69) is 6.92 Å². The Morgan fingerprint density at radius 1 is 0.944 bits per heavy atom. The van der Waals surface area contributed by atoms with Crippen LogP contribution in [0, 0.1) is 0 Å². The zero-order chi connectivity index (χ0) is 26.5. The van der Waals surface area contributed by atoms with Crippen molar-refractivity contribution in [1.82, 2.24) is 0 Å². The Morgan fingerprint density at radius 2 is 1.67 bits per heavy atom. The Bertz CT molecular complexity index is 986. The maximum absolute atomic E-state index is 13.1. The van der Waals surface area contributed by atoms with Crippen molar-refractivity contribution >= 4 is 11.9 Å². The van der Waals surface area contributed by atoms with Gasteiger partial charge in [-0.05, 0) is 55.5 Å². The molecule has 36 heavy (non-hydrogen) atoms. The van der Waals surface area contributed by atoms with Crippen LogP contribution in [0.5, 0.6) is 11.5 Å². The quantitative estimate of drug-likeness (QED) is 0.188. The zero-order valence-corrected chi connectivity index (χ0v) is 21.4. The van der Waals surface area contributed by atoms with Crippen LogP contribution in [0.4, 0.5) is 0 Å². The van der Waals surface area contributed by atoms with E-state index in [1.165, 1.54) is 12.1 Å². The van der Waals surface area contributed by atoms with Crippen LogP contribution >= 0.6 is 0 Å². The molecular formula is C28H38O8. The van der Waals surface area contributed by atoms with Gasteiger partial charge < -0.3 is 29.5 Å². The van der Waals surface area contributed by atoms with Gasteiger partial charge in [-0.25, -0.2) is 9.59 Å². The number of carbonyl (C=O) groups is 2. The number of aliphatic hydroxyl groups excluding tert-OH is 2. The number of esters is 2. The number of rotatable bonds is 15. The predicted octanol–water partition coefficient (Wildman–Crippen LogP) is 4.21. The van der Waals surface area contributed by atoms with E-state index in [-0.39, 0.29) is 36.7 Å². The minimum absolute atomic E-state index is 0.0252. The number of aryl methyl sites for hydroxylation is 1. The zero-order valence-electron chi connectivity index (χ0n) is 21.4. The number of phenols is 1. The molecule has 0 amide bonds. The van der Waals surface area contributed by atoms with Gasteiger partial charge in [0.25, 0.3) is 0 Å². The highest BCUT2D eigenvalue weighted by atomic mass is 16.6. The Balaban J connectivity index is 2.36. The lowest BCUT2D eigenvalue weighted by Crippen LogP contribution is -2.29. The summed E-state index contributed by atoms with van der Waals surface area (Å²) in [7, 11) is 0. The molecule has 8 nitrogen and oxygen atoms in total. The van der Waals surface area contributed by atoms with Crippen LogP contribution in [-0.2, 0) is 22.3 Å². The molecule has 0 saturated carbocycles. The second kappa shape index (κ2) is 15.2. The maximum Gasteiger partial charge on any atom is 0.349 e. The summed E-state index contributed by atoms with van der Waals surface area (Å²) >= 11 is 0. The average molecular weight is 503 g/mol. The molecule has 0 spiro atoms. The van der Waals surface area contributed by atoms with E-state index in [4.69, 9.17) is 14.2 Å². The number of para-hydroxylation sites is 1. The largest absolute Gasteiger partial charge is 0.507 e. The minimum atomic E-state index is -0.971. The molecule has 0 fully saturated rings. The molecule has 2 aromatic carbocycles. The van der Waals surface area contributed by atoms with E-state index in [1.54, 1.807) is 25.1 Å². The van der Waals surface area contributed by atoms with E-state index >= 15 is 0 Å². The molecule has 0 aliphatic heterocycles. The van der Waals surface area contributed by atoms with E-state index in [9.17, 15) is 24.9 Å². The van der Waals surface area contributed by atoms with E-state index < -0.39 is 24.1 Å². The third-order valence-electron chi connectivity index (χ3n) is 5.74. The third kappa shape index (κ3) is 8.62. The van der Waals surface area contributed by atoms with Crippen molar-refractivity contribution < 1.29 is 39.1 Å². The summed E-state index contributed by atoms with van der Waals surface area (Å²) in [6.45, 7) is 5.34. The Hall–Kier alpha value is -2.94. The van der Waals surface area contributed by atoms with Crippen molar-refractivity contribution in [2.45, 2.75) is 71.5 Å². The Labute approximate surface area is 212 Å². The van der Waals surface area contributed by atoms with Gasteiger partial charge in [0.2, 0.25) is 0 Å². The topological polar surface area (TPSA) is 123 Å². The van der Waals surface area contributed by atoms with Crippen LogP contribution in [-0.4, -0.2) is 59.3 Å². The summed E-state index contributed by atoms with van der Waals surface area (Å²) in [5, 5.41) is 29.1. The Morgan fingerprint density at radius 3 is 2.31 bits per heavy atom. The van der Waals surface area contributed by atoms with E-state index in [1.807, 2.05) is 13.0 Å². The van der Waals surface area contributed by atoms with Crippen LogP contribution in [0.1, 0.15) is 78.3 Å². The summed E-state index contributed by atoms with van der Waals surface area (Å²) in [5.74, 6) is -1.87. The van der Waals surface area contributed by atoms with Crippen LogP contribution in [0.2, 0.25) is 0 Å². The number of phenolic OH excluding ortho intramolecular Hbond substituents is 1. The highest BCUT2D eigenvalue weighted by Gasteiger charge is 2.25. The van der Waals surface area contributed by atoms with Crippen molar-refractivity contribution in [2.24, 2.45) is 0 Å². The molecule has 8 heteroatoms. The fourth-order valence-corrected chi connectivity index (χ4v) is 3.77. The molecule has 0 saturated heterocycles. The van der Waals surface area contributed by atoms with Gasteiger partial charge in [0.15, 0.2) is 0 Å². The van der Waals surface area contributed by atoms with Gasteiger partial charge in [0.1, 0.15) is 35.3 Å². The molecule has 0 radical (unpaired) electrons. The molecule has 3 N–H and O–H groups in total. The van der Waals surface area contributed by atoms with Crippen molar-refractivity contribution in [3.63, 3.8) is 0 Å². The molecule has 0 aliphatic rings. The summed E-state index contributed by atoms with van der Waals surface area (Å²) in [4.78, 5) is 25.7.